The molecule has 0 radical (unpaired) electrons. The van der Waals surface area contributed by atoms with Crippen molar-refractivity contribution in [2.75, 3.05) is 13.1 Å². The van der Waals surface area contributed by atoms with Gasteiger partial charge in [0, 0.05) is 6.04 Å². The zero-order valence-corrected chi connectivity index (χ0v) is 14.8. The second kappa shape index (κ2) is 7.33. The van der Waals surface area contributed by atoms with Crippen LogP contribution in [0.1, 0.15) is 24.4 Å². The van der Waals surface area contributed by atoms with Crippen LogP contribution in [0.4, 0.5) is 0 Å². The molecule has 1 saturated heterocycles. The van der Waals surface area contributed by atoms with Crippen molar-refractivity contribution in [3.05, 3.63) is 40.4 Å². The smallest absolute Gasteiger partial charge is 0.261 e. The molecule has 0 amide bonds. The van der Waals surface area contributed by atoms with Crippen molar-refractivity contribution in [1.29, 1.82) is 0 Å². The fourth-order valence-electron chi connectivity index (χ4n) is 2.59. The minimum absolute atomic E-state index is 0. The predicted octanol–water partition coefficient (Wildman–Crippen LogP) is 2.79. The molecule has 2 heterocycles. The third-order valence-electron chi connectivity index (χ3n) is 3.64. The summed E-state index contributed by atoms with van der Waals surface area (Å²) in [5.74, 6) is 0. The zero-order valence-electron chi connectivity index (χ0n) is 11.3. The van der Waals surface area contributed by atoms with Crippen LogP contribution in [0.3, 0.4) is 0 Å². The summed E-state index contributed by atoms with van der Waals surface area (Å²) in [6.45, 7) is 3.95. The highest BCUT2D eigenvalue weighted by atomic mass is 79.9. The topological polar surface area (TPSA) is 46.9 Å². The van der Waals surface area contributed by atoms with Crippen LogP contribution in [0.25, 0.3) is 10.9 Å². The Labute approximate surface area is 139 Å². The summed E-state index contributed by atoms with van der Waals surface area (Å²) in [6, 6.07) is 6.13. The van der Waals surface area contributed by atoms with Gasteiger partial charge in [-0.3, -0.25) is 9.36 Å². The molecule has 1 aromatic heterocycles. The van der Waals surface area contributed by atoms with Crippen molar-refractivity contribution in [3.63, 3.8) is 0 Å². The van der Waals surface area contributed by atoms with Gasteiger partial charge in [0.05, 0.1) is 17.2 Å². The number of benzene rings is 1. The maximum Gasteiger partial charge on any atom is 0.261 e. The molecule has 20 heavy (non-hydrogen) atoms. The van der Waals surface area contributed by atoms with Crippen LogP contribution in [-0.4, -0.2) is 22.6 Å². The summed E-state index contributed by atoms with van der Waals surface area (Å²) in [6.07, 6.45) is 3.70. The molecule has 0 unspecified atom stereocenters. The molecule has 0 bridgehead atoms. The Bertz CT molecular complexity index is 636. The first-order valence-corrected chi connectivity index (χ1v) is 6.44. The maximum absolute atomic E-state index is 12.5. The third kappa shape index (κ3) is 3.30. The Morgan fingerprint density at radius 3 is 2.65 bits per heavy atom. The number of halogens is 2. The van der Waals surface area contributed by atoms with Crippen molar-refractivity contribution in [2.24, 2.45) is 0 Å². The highest BCUT2D eigenvalue weighted by molar-refractivity contribution is 8.93. The summed E-state index contributed by atoms with van der Waals surface area (Å²) < 4.78 is 1.81. The molecule has 1 aliphatic rings. The summed E-state index contributed by atoms with van der Waals surface area (Å²) in [5.41, 5.74) is 1.98. The van der Waals surface area contributed by atoms with E-state index in [2.05, 4.69) is 10.3 Å². The normalized spacial score (nSPS) is 15.4. The second-order valence-electron chi connectivity index (χ2n) is 4.96. The molecule has 6 heteroatoms. The number of aryl methyl sites for hydroxylation is 1. The van der Waals surface area contributed by atoms with Gasteiger partial charge in [0.2, 0.25) is 0 Å². The number of nitrogens with zero attached hydrogens (tertiary/aromatic N) is 2. The van der Waals surface area contributed by atoms with Gasteiger partial charge in [0.25, 0.3) is 5.56 Å². The van der Waals surface area contributed by atoms with E-state index in [0.29, 0.717) is 0 Å². The van der Waals surface area contributed by atoms with Gasteiger partial charge in [0.1, 0.15) is 0 Å². The van der Waals surface area contributed by atoms with Crippen molar-refractivity contribution in [2.45, 2.75) is 25.8 Å². The van der Waals surface area contributed by atoms with E-state index in [1.807, 2.05) is 29.7 Å². The SMILES string of the molecule is Br.Br.Cc1ccc2ncn(C3CCNCC3)c(=O)c2c1. The molecule has 0 saturated carbocycles. The minimum Gasteiger partial charge on any atom is -0.317 e. The summed E-state index contributed by atoms with van der Waals surface area (Å²) in [7, 11) is 0. The Morgan fingerprint density at radius 2 is 1.95 bits per heavy atom. The van der Waals surface area contributed by atoms with Crippen LogP contribution < -0.4 is 10.9 Å². The Morgan fingerprint density at radius 1 is 1.25 bits per heavy atom. The molecule has 3 rings (SSSR count). The number of aromatic nitrogens is 2. The fourth-order valence-corrected chi connectivity index (χ4v) is 2.59. The van der Waals surface area contributed by atoms with Crippen LogP contribution in [0.5, 0.6) is 0 Å². The number of nitrogens with one attached hydrogen (secondary N) is 1. The lowest BCUT2D eigenvalue weighted by Crippen LogP contribution is -2.34. The van der Waals surface area contributed by atoms with Crippen LogP contribution >= 0.6 is 34.0 Å². The third-order valence-corrected chi connectivity index (χ3v) is 3.64. The van der Waals surface area contributed by atoms with E-state index in [4.69, 9.17) is 0 Å². The molecule has 0 spiro atoms. The van der Waals surface area contributed by atoms with E-state index < -0.39 is 0 Å². The van der Waals surface area contributed by atoms with Gasteiger partial charge < -0.3 is 5.32 Å². The molecule has 1 aliphatic heterocycles. The van der Waals surface area contributed by atoms with Gasteiger partial charge in [-0.25, -0.2) is 4.98 Å². The van der Waals surface area contributed by atoms with E-state index in [-0.39, 0.29) is 45.6 Å². The molecule has 110 valence electrons. The first-order valence-electron chi connectivity index (χ1n) is 6.44. The largest absolute Gasteiger partial charge is 0.317 e. The van der Waals surface area contributed by atoms with Crippen molar-refractivity contribution < 1.29 is 0 Å². The number of piperidine rings is 1. The molecule has 0 aliphatic carbocycles. The molecular weight excluding hydrogens is 386 g/mol. The second-order valence-corrected chi connectivity index (χ2v) is 4.96. The maximum atomic E-state index is 12.5. The van der Waals surface area contributed by atoms with E-state index in [9.17, 15) is 4.79 Å². The van der Waals surface area contributed by atoms with Gasteiger partial charge in [-0.1, -0.05) is 11.6 Å². The lowest BCUT2D eigenvalue weighted by Gasteiger charge is -2.24. The Kier molecular flexibility index (Phi) is 6.36. The van der Waals surface area contributed by atoms with E-state index in [1.165, 1.54) is 0 Å². The fraction of sp³-hybridized carbons (Fsp3) is 0.429. The molecular formula is C14H19Br2N3O. The lowest BCUT2D eigenvalue weighted by atomic mass is 10.1. The molecule has 2 aromatic rings. The highest BCUT2D eigenvalue weighted by Crippen LogP contribution is 2.17. The highest BCUT2D eigenvalue weighted by Gasteiger charge is 2.17. The molecule has 4 nitrogen and oxygen atoms in total. The average molecular weight is 405 g/mol. The van der Waals surface area contributed by atoms with Gasteiger partial charge in [0.15, 0.2) is 0 Å². The van der Waals surface area contributed by atoms with Crippen molar-refractivity contribution in [1.82, 2.24) is 14.9 Å². The van der Waals surface area contributed by atoms with Crippen molar-refractivity contribution in [3.8, 4) is 0 Å². The lowest BCUT2D eigenvalue weighted by molar-refractivity contribution is 0.359. The van der Waals surface area contributed by atoms with Crippen LogP contribution in [0.2, 0.25) is 0 Å². The van der Waals surface area contributed by atoms with Gasteiger partial charge in [-0.2, -0.15) is 0 Å². The number of fused-ring (bicyclic) bond motifs is 1. The van der Waals surface area contributed by atoms with Crippen LogP contribution in [-0.2, 0) is 0 Å². The quantitative estimate of drug-likeness (QED) is 0.794. The van der Waals surface area contributed by atoms with Gasteiger partial charge in [-0.05, 0) is 45.0 Å². The summed E-state index contributed by atoms with van der Waals surface area (Å²) >= 11 is 0. The van der Waals surface area contributed by atoms with E-state index >= 15 is 0 Å². The van der Waals surface area contributed by atoms with Crippen LogP contribution in [0, 0.1) is 6.92 Å². The minimum atomic E-state index is 0. The number of hydrogen-bond acceptors (Lipinski definition) is 3. The number of rotatable bonds is 1. The molecule has 1 fully saturated rings. The molecule has 0 atom stereocenters. The first kappa shape index (κ1) is 17.3. The summed E-state index contributed by atoms with van der Waals surface area (Å²) in [5, 5.41) is 4.05. The van der Waals surface area contributed by atoms with Crippen molar-refractivity contribution >= 4 is 44.9 Å². The predicted molar refractivity (Wildman–Crippen MR) is 92.5 cm³/mol. The standard InChI is InChI=1S/C14H17N3O.2BrH/c1-10-2-3-13-12(8-10)14(18)17(9-16-13)11-4-6-15-7-5-11;;/h2-3,8-9,11,15H,4-7H2,1H3;2*1H. The molecule has 1 aromatic carbocycles. The summed E-state index contributed by atoms with van der Waals surface area (Å²) in [4.78, 5) is 16.9. The van der Waals surface area contributed by atoms with Crippen LogP contribution in [0.15, 0.2) is 29.3 Å². The van der Waals surface area contributed by atoms with E-state index in [1.54, 1.807) is 6.33 Å². The molecule has 1 N–H and O–H groups in total. The van der Waals surface area contributed by atoms with E-state index in [0.717, 1.165) is 42.4 Å². The Balaban J connectivity index is 0.000001000. The Hall–Kier alpha value is -0.720. The monoisotopic (exact) mass is 403 g/mol. The van der Waals surface area contributed by atoms with Gasteiger partial charge in [-0.15, -0.1) is 34.0 Å². The van der Waals surface area contributed by atoms with Gasteiger partial charge >= 0.3 is 0 Å². The average Bonchev–Trinajstić information content (AvgIpc) is 2.41. The zero-order chi connectivity index (χ0) is 12.5. The number of hydrogen-bond donors (Lipinski definition) is 1. The first-order chi connectivity index (χ1) is 8.75.